The highest BCUT2D eigenvalue weighted by molar-refractivity contribution is 5.91. The van der Waals surface area contributed by atoms with Gasteiger partial charge in [0.1, 0.15) is 0 Å². The highest BCUT2D eigenvalue weighted by Gasteiger charge is 2.34. The zero-order valence-corrected chi connectivity index (χ0v) is 9.89. The highest BCUT2D eigenvalue weighted by atomic mass is 16.3. The lowest BCUT2D eigenvalue weighted by atomic mass is 9.80. The molecule has 1 aromatic heterocycles. The summed E-state index contributed by atoms with van der Waals surface area (Å²) in [6.45, 7) is 0.335. The summed E-state index contributed by atoms with van der Waals surface area (Å²) in [6, 6.07) is 1.82. The fraction of sp³-hybridized carbons (Fsp3) is 0.500. The second-order valence-electron chi connectivity index (χ2n) is 4.51. The second-order valence-corrected chi connectivity index (χ2v) is 4.51. The highest BCUT2D eigenvalue weighted by Crippen LogP contribution is 2.30. The SMILES string of the molecule is Cn1nccc1/C=C/C(=O)NCC1(O)CCC1. The number of carbonyl (C=O) groups excluding carboxylic acids is 1. The molecule has 1 heterocycles. The lowest BCUT2D eigenvalue weighted by molar-refractivity contribution is -0.118. The number of amides is 1. The van der Waals surface area contributed by atoms with Gasteiger partial charge in [0.2, 0.25) is 5.91 Å². The van der Waals surface area contributed by atoms with Gasteiger partial charge in [-0.3, -0.25) is 9.48 Å². The molecule has 0 bridgehead atoms. The fourth-order valence-electron chi connectivity index (χ4n) is 1.78. The summed E-state index contributed by atoms with van der Waals surface area (Å²) in [4.78, 5) is 11.5. The summed E-state index contributed by atoms with van der Waals surface area (Å²) in [7, 11) is 1.81. The normalized spacial score (nSPS) is 18.0. The maximum atomic E-state index is 11.5. The average molecular weight is 235 g/mol. The van der Waals surface area contributed by atoms with Crippen LogP contribution in [0.25, 0.3) is 6.08 Å². The molecular formula is C12H17N3O2. The molecule has 5 heteroatoms. The van der Waals surface area contributed by atoms with Crippen molar-refractivity contribution in [3.8, 4) is 0 Å². The van der Waals surface area contributed by atoms with Gasteiger partial charge < -0.3 is 10.4 Å². The van der Waals surface area contributed by atoms with Gasteiger partial charge in [-0.1, -0.05) is 0 Å². The van der Waals surface area contributed by atoms with Crippen LogP contribution in [0.2, 0.25) is 0 Å². The minimum absolute atomic E-state index is 0.188. The molecule has 1 aliphatic carbocycles. The van der Waals surface area contributed by atoms with E-state index in [1.807, 2.05) is 13.1 Å². The molecule has 92 valence electrons. The number of hydrogen-bond donors (Lipinski definition) is 2. The molecule has 0 spiro atoms. The lowest BCUT2D eigenvalue weighted by Gasteiger charge is -2.36. The van der Waals surface area contributed by atoms with Gasteiger partial charge in [0.25, 0.3) is 0 Å². The zero-order valence-electron chi connectivity index (χ0n) is 9.89. The zero-order chi connectivity index (χ0) is 12.3. The third kappa shape index (κ3) is 2.94. The molecule has 0 saturated heterocycles. The van der Waals surface area contributed by atoms with Crippen molar-refractivity contribution in [3.05, 3.63) is 24.0 Å². The first-order valence-corrected chi connectivity index (χ1v) is 5.75. The average Bonchev–Trinajstić information content (AvgIpc) is 2.67. The molecule has 1 aliphatic rings. The first kappa shape index (κ1) is 11.9. The Labute approximate surface area is 100 Å². The van der Waals surface area contributed by atoms with E-state index < -0.39 is 5.60 Å². The Kier molecular flexibility index (Phi) is 3.28. The monoisotopic (exact) mass is 235 g/mol. The van der Waals surface area contributed by atoms with Gasteiger partial charge in [0.15, 0.2) is 0 Å². The maximum absolute atomic E-state index is 11.5. The molecular weight excluding hydrogens is 218 g/mol. The quantitative estimate of drug-likeness (QED) is 0.745. The largest absolute Gasteiger partial charge is 0.388 e. The Balaban J connectivity index is 1.81. The number of nitrogens with zero attached hydrogens (tertiary/aromatic N) is 2. The van der Waals surface area contributed by atoms with Crippen LogP contribution in [-0.2, 0) is 11.8 Å². The topological polar surface area (TPSA) is 67.2 Å². The van der Waals surface area contributed by atoms with E-state index in [9.17, 15) is 9.90 Å². The van der Waals surface area contributed by atoms with E-state index in [4.69, 9.17) is 0 Å². The number of aryl methyl sites for hydroxylation is 1. The molecule has 5 nitrogen and oxygen atoms in total. The van der Waals surface area contributed by atoms with Gasteiger partial charge in [-0.05, 0) is 31.4 Å². The molecule has 2 N–H and O–H groups in total. The van der Waals surface area contributed by atoms with Crippen LogP contribution in [0.3, 0.4) is 0 Å². The molecule has 0 aliphatic heterocycles. The predicted molar refractivity (Wildman–Crippen MR) is 64.1 cm³/mol. The van der Waals surface area contributed by atoms with Crippen LogP contribution in [0, 0.1) is 0 Å². The summed E-state index contributed by atoms with van der Waals surface area (Å²) in [5.74, 6) is -0.188. The van der Waals surface area contributed by atoms with Crippen molar-refractivity contribution in [2.45, 2.75) is 24.9 Å². The Morgan fingerprint density at radius 3 is 3.00 bits per heavy atom. The van der Waals surface area contributed by atoms with E-state index in [0.717, 1.165) is 25.0 Å². The minimum Gasteiger partial charge on any atom is -0.388 e. The summed E-state index contributed by atoms with van der Waals surface area (Å²) in [5.41, 5.74) is 0.193. The summed E-state index contributed by atoms with van der Waals surface area (Å²) >= 11 is 0. The Hall–Kier alpha value is -1.62. The molecule has 2 rings (SSSR count). The number of rotatable bonds is 4. The van der Waals surface area contributed by atoms with Gasteiger partial charge in [0.05, 0.1) is 11.3 Å². The van der Waals surface area contributed by atoms with E-state index in [1.54, 1.807) is 17.0 Å². The van der Waals surface area contributed by atoms with Crippen molar-refractivity contribution in [1.82, 2.24) is 15.1 Å². The van der Waals surface area contributed by atoms with Crippen LogP contribution in [-0.4, -0.2) is 32.9 Å². The molecule has 17 heavy (non-hydrogen) atoms. The van der Waals surface area contributed by atoms with E-state index in [1.165, 1.54) is 6.08 Å². The number of hydrogen-bond acceptors (Lipinski definition) is 3. The third-order valence-corrected chi connectivity index (χ3v) is 3.14. The van der Waals surface area contributed by atoms with Crippen LogP contribution in [0.1, 0.15) is 25.0 Å². The lowest BCUT2D eigenvalue weighted by Crippen LogP contribution is -2.47. The predicted octanol–water partition coefficient (Wildman–Crippen LogP) is 0.464. The minimum atomic E-state index is -0.671. The van der Waals surface area contributed by atoms with E-state index >= 15 is 0 Å². The number of aromatic nitrogens is 2. The van der Waals surface area contributed by atoms with Crippen LogP contribution in [0.5, 0.6) is 0 Å². The summed E-state index contributed by atoms with van der Waals surface area (Å²) in [5, 5.41) is 16.5. The molecule has 1 aromatic rings. The molecule has 1 saturated carbocycles. The van der Waals surface area contributed by atoms with E-state index in [-0.39, 0.29) is 5.91 Å². The van der Waals surface area contributed by atoms with Crippen LogP contribution >= 0.6 is 0 Å². The van der Waals surface area contributed by atoms with Crippen LogP contribution in [0.4, 0.5) is 0 Å². The van der Waals surface area contributed by atoms with Crippen molar-refractivity contribution in [2.24, 2.45) is 7.05 Å². The molecule has 0 atom stereocenters. The van der Waals surface area contributed by atoms with Crippen LogP contribution < -0.4 is 5.32 Å². The van der Waals surface area contributed by atoms with Crippen molar-refractivity contribution in [1.29, 1.82) is 0 Å². The molecule has 1 fully saturated rings. The Bertz CT molecular complexity index is 433. The third-order valence-electron chi connectivity index (χ3n) is 3.14. The number of nitrogens with one attached hydrogen (secondary N) is 1. The fourth-order valence-corrected chi connectivity index (χ4v) is 1.78. The first-order valence-electron chi connectivity index (χ1n) is 5.75. The van der Waals surface area contributed by atoms with Crippen LogP contribution in [0.15, 0.2) is 18.3 Å². The molecule has 1 amide bonds. The summed E-state index contributed by atoms with van der Waals surface area (Å²) in [6.07, 6.45) is 7.43. The molecule has 0 aromatic carbocycles. The van der Waals surface area contributed by atoms with Crippen molar-refractivity contribution < 1.29 is 9.90 Å². The standard InChI is InChI=1S/C12H17N3O2/c1-15-10(5-8-14-15)3-4-11(16)13-9-12(17)6-2-7-12/h3-5,8,17H,2,6-7,9H2,1H3,(H,13,16)/b4-3+. The number of aliphatic hydroxyl groups is 1. The Morgan fingerprint density at radius 1 is 1.71 bits per heavy atom. The smallest absolute Gasteiger partial charge is 0.244 e. The van der Waals surface area contributed by atoms with Crippen molar-refractivity contribution in [3.63, 3.8) is 0 Å². The van der Waals surface area contributed by atoms with Crippen molar-refractivity contribution >= 4 is 12.0 Å². The van der Waals surface area contributed by atoms with Gasteiger partial charge >= 0.3 is 0 Å². The van der Waals surface area contributed by atoms with Gasteiger partial charge in [-0.15, -0.1) is 0 Å². The summed E-state index contributed by atoms with van der Waals surface area (Å²) < 4.78 is 1.68. The van der Waals surface area contributed by atoms with Gasteiger partial charge in [0, 0.05) is 25.9 Å². The maximum Gasteiger partial charge on any atom is 0.244 e. The molecule has 0 radical (unpaired) electrons. The molecule has 0 unspecified atom stereocenters. The Morgan fingerprint density at radius 2 is 2.47 bits per heavy atom. The van der Waals surface area contributed by atoms with Gasteiger partial charge in [-0.2, -0.15) is 5.10 Å². The van der Waals surface area contributed by atoms with E-state index in [2.05, 4.69) is 10.4 Å². The van der Waals surface area contributed by atoms with Gasteiger partial charge in [-0.25, -0.2) is 0 Å². The first-order chi connectivity index (χ1) is 8.09. The second kappa shape index (κ2) is 4.71. The number of carbonyl (C=O) groups is 1. The van der Waals surface area contributed by atoms with E-state index in [0.29, 0.717) is 6.54 Å². The van der Waals surface area contributed by atoms with Crippen molar-refractivity contribution in [2.75, 3.05) is 6.54 Å².